The fraction of sp³-hybridized carbons (Fsp3) is 0.600. The lowest BCUT2D eigenvalue weighted by Gasteiger charge is -2.18. The monoisotopic (exact) mass is 152 g/mol. The van der Waals surface area contributed by atoms with Crippen LogP contribution in [0.15, 0.2) is 23.7 Å². The second kappa shape index (κ2) is 3.61. The highest BCUT2D eigenvalue weighted by Gasteiger charge is 2.11. The molecular formula is C10H16O. The van der Waals surface area contributed by atoms with Crippen LogP contribution in [0.3, 0.4) is 0 Å². The lowest BCUT2D eigenvalue weighted by Crippen LogP contribution is -2.03. The van der Waals surface area contributed by atoms with E-state index in [0.29, 0.717) is 5.92 Å². The van der Waals surface area contributed by atoms with Crippen molar-refractivity contribution < 1.29 is 4.74 Å². The Morgan fingerprint density at radius 2 is 2.27 bits per heavy atom. The lowest BCUT2D eigenvalue weighted by atomic mass is 9.97. The smallest absolute Gasteiger partial charge is 0.103 e. The van der Waals surface area contributed by atoms with Gasteiger partial charge >= 0.3 is 0 Å². The molecule has 1 heteroatoms. The summed E-state index contributed by atoms with van der Waals surface area (Å²) in [5, 5.41) is 0. The highest BCUT2D eigenvalue weighted by molar-refractivity contribution is 5.17. The second-order valence-electron chi connectivity index (χ2n) is 3.15. The van der Waals surface area contributed by atoms with Crippen LogP contribution in [-0.4, -0.2) is 0 Å². The molecule has 0 unspecified atom stereocenters. The van der Waals surface area contributed by atoms with Crippen LogP contribution in [0.4, 0.5) is 0 Å². The molecule has 1 nitrogen and oxygen atoms in total. The summed E-state index contributed by atoms with van der Waals surface area (Å²) >= 11 is 0. The van der Waals surface area contributed by atoms with E-state index in [-0.39, 0.29) is 0 Å². The van der Waals surface area contributed by atoms with Crippen LogP contribution in [0, 0.1) is 5.92 Å². The van der Waals surface area contributed by atoms with Crippen molar-refractivity contribution in [2.75, 3.05) is 0 Å². The third-order valence-corrected chi connectivity index (χ3v) is 2.02. The third-order valence-electron chi connectivity index (χ3n) is 2.02. The molecule has 0 fully saturated rings. The van der Waals surface area contributed by atoms with Crippen LogP contribution in [0.2, 0.25) is 0 Å². The average Bonchev–Trinajstić information content (AvgIpc) is 2.04. The summed E-state index contributed by atoms with van der Waals surface area (Å²) in [6, 6.07) is 0. The van der Waals surface area contributed by atoms with Crippen molar-refractivity contribution in [1.82, 2.24) is 0 Å². The average molecular weight is 152 g/mol. The maximum atomic E-state index is 5.40. The molecule has 62 valence electrons. The first-order valence-electron chi connectivity index (χ1n) is 4.29. The minimum absolute atomic E-state index is 0.620. The van der Waals surface area contributed by atoms with Gasteiger partial charge in [-0.1, -0.05) is 20.8 Å². The van der Waals surface area contributed by atoms with E-state index in [2.05, 4.69) is 26.8 Å². The molecule has 0 radical (unpaired) electrons. The molecule has 0 aliphatic carbocycles. The Balaban J connectivity index is 2.76. The molecule has 0 saturated heterocycles. The van der Waals surface area contributed by atoms with E-state index in [1.165, 1.54) is 11.3 Å². The van der Waals surface area contributed by atoms with Crippen molar-refractivity contribution in [3.05, 3.63) is 23.7 Å². The van der Waals surface area contributed by atoms with Gasteiger partial charge in [0, 0.05) is 6.42 Å². The fourth-order valence-electron chi connectivity index (χ4n) is 1.36. The van der Waals surface area contributed by atoms with Gasteiger partial charge in [-0.3, -0.25) is 0 Å². The van der Waals surface area contributed by atoms with Gasteiger partial charge in [0.15, 0.2) is 0 Å². The van der Waals surface area contributed by atoms with Crippen LogP contribution in [0.1, 0.15) is 33.6 Å². The molecule has 0 spiro atoms. The zero-order valence-corrected chi connectivity index (χ0v) is 7.55. The van der Waals surface area contributed by atoms with Gasteiger partial charge in [0.05, 0.1) is 6.26 Å². The Bertz CT molecular complexity index is 187. The fourth-order valence-corrected chi connectivity index (χ4v) is 1.36. The lowest BCUT2D eigenvalue weighted by molar-refractivity contribution is 0.315. The van der Waals surface area contributed by atoms with Crippen LogP contribution >= 0.6 is 0 Å². The van der Waals surface area contributed by atoms with Gasteiger partial charge in [-0.2, -0.15) is 0 Å². The van der Waals surface area contributed by atoms with Crippen LogP contribution in [0.25, 0.3) is 0 Å². The molecule has 0 aromatic heterocycles. The van der Waals surface area contributed by atoms with Gasteiger partial charge in [0.1, 0.15) is 5.76 Å². The maximum absolute atomic E-state index is 5.40. The van der Waals surface area contributed by atoms with Gasteiger partial charge in [-0.05, 0) is 24.0 Å². The molecule has 0 aromatic carbocycles. The predicted octanol–water partition coefficient (Wildman–Crippen LogP) is 3.24. The standard InChI is InChI=1S/C10H16O/c1-4-10-9(8(2)3)6-5-7-11-10/h5,7-8H,4,6H2,1-3H3. The molecule has 1 rings (SSSR count). The summed E-state index contributed by atoms with van der Waals surface area (Å²) in [6.45, 7) is 6.57. The van der Waals surface area contributed by atoms with E-state index in [1.54, 1.807) is 6.26 Å². The third kappa shape index (κ3) is 1.86. The van der Waals surface area contributed by atoms with Crippen LogP contribution < -0.4 is 0 Å². The number of hydrogen-bond donors (Lipinski definition) is 0. The quantitative estimate of drug-likeness (QED) is 0.590. The Morgan fingerprint density at radius 3 is 2.73 bits per heavy atom. The van der Waals surface area contributed by atoms with Crippen molar-refractivity contribution in [2.24, 2.45) is 5.92 Å². The molecule has 0 bridgehead atoms. The van der Waals surface area contributed by atoms with Gasteiger partial charge in [0.25, 0.3) is 0 Å². The zero-order chi connectivity index (χ0) is 8.27. The highest BCUT2D eigenvalue weighted by Crippen LogP contribution is 2.25. The first kappa shape index (κ1) is 8.38. The van der Waals surface area contributed by atoms with Crippen LogP contribution in [0.5, 0.6) is 0 Å². The molecule has 0 N–H and O–H groups in total. The Kier molecular flexibility index (Phi) is 2.75. The van der Waals surface area contributed by atoms with Gasteiger partial charge < -0.3 is 4.74 Å². The SMILES string of the molecule is CCC1=C(C(C)C)CC=CO1. The Labute approximate surface area is 68.8 Å². The number of rotatable bonds is 2. The van der Waals surface area contributed by atoms with Crippen molar-refractivity contribution in [1.29, 1.82) is 0 Å². The van der Waals surface area contributed by atoms with Gasteiger partial charge in [0.2, 0.25) is 0 Å². The van der Waals surface area contributed by atoms with Crippen LogP contribution in [-0.2, 0) is 4.74 Å². The minimum atomic E-state index is 0.620. The highest BCUT2D eigenvalue weighted by atomic mass is 16.5. The summed E-state index contributed by atoms with van der Waals surface area (Å²) in [4.78, 5) is 0. The van der Waals surface area contributed by atoms with E-state index in [9.17, 15) is 0 Å². The summed E-state index contributed by atoms with van der Waals surface area (Å²) in [6.07, 6.45) is 5.96. The van der Waals surface area contributed by atoms with Crippen molar-refractivity contribution in [2.45, 2.75) is 33.6 Å². The van der Waals surface area contributed by atoms with E-state index in [0.717, 1.165) is 12.8 Å². The summed E-state index contributed by atoms with van der Waals surface area (Å²) in [7, 11) is 0. The number of allylic oxidation sites excluding steroid dienone is 3. The molecule has 1 aliphatic rings. The molecule has 0 amide bonds. The Morgan fingerprint density at radius 1 is 1.55 bits per heavy atom. The van der Waals surface area contributed by atoms with Crippen molar-refractivity contribution in [3.8, 4) is 0 Å². The zero-order valence-electron chi connectivity index (χ0n) is 7.55. The Hall–Kier alpha value is -0.720. The summed E-state index contributed by atoms with van der Waals surface area (Å²) < 4.78 is 5.40. The van der Waals surface area contributed by atoms with Crippen molar-refractivity contribution in [3.63, 3.8) is 0 Å². The van der Waals surface area contributed by atoms with Crippen molar-refractivity contribution >= 4 is 0 Å². The molecule has 0 aromatic rings. The molecule has 1 heterocycles. The van der Waals surface area contributed by atoms with E-state index < -0.39 is 0 Å². The number of ether oxygens (including phenoxy) is 1. The molecule has 1 aliphatic heterocycles. The number of hydrogen-bond acceptors (Lipinski definition) is 1. The molecule has 11 heavy (non-hydrogen) atoms. The first-order chi connectivity index (χ1) is 5.25. The minimum Gasteiger partial charge on any atom is -0.470 e. The normalized spacial score (nSPS) is 17.5. The predicted molar refractivity (Wildman–Crippen MR) is 47.0 cm³/mol. The topological polar surface area (TPSA) is 9.23 Å². The maximum Gasteiger partial charge on any atom is 0.103 e. The summed E-state index contributed by atoms with van der Waals surface area (Å²) in [5.74, 6) is 1.79. The van der Waals surface area contributed by atoms with E-state index >= 15 is 0 Å². The summed E-state index contributed by atoms with van der Waals surface area (Å²) in [5.41, 5.74) is 1.45. The second-order valence-corrected chi connectivity index (χ2v) is 3.15. The van der Waals surface area contributed by atoms with E-state index in [4.69, 9.17) is 4.74 Å². The van der Waals surface area contributed by atoms with E-state index in [1.807, 2.05) is 0 Å². The molecule has 0 atom stereocenters. The first-order valence-corrected chi connectivity index (χ1v) is 4.29. The largest absolute Gasteiger partial charge is 0.470 e. The van der Waals surface area contributed by atoms with Gasteiger partial charge in [-0.25, -0.2) is 0 Å². The van der Waals surface area contributed by atoms with Gasteiger partial charge in [-0.15, -0.1) is 0 Å². The molecule has 0 saturated carbocycles. The molecular weight excluding hydrogens is 136 g/mol.